The average molecular weight is 1080 g/mol. The van der Waals surface area contributed by atoms with Crippen LogP contribution in [-0.2, 0) is 13.1 Å². The van der Waals surface area contributed by atoms with Gasteiger partial charge in [0.1, 0.15) is 0 Å². The molecule has 0 N–H and O–H groups in total. The Labute approximate surface area is 490 Å². The van der Waals surface area contributed by atoms with Crippen molar-refractivity contribution in [2.75, 3.05) is 19.6 Å². The molecule has 0 amide bonds. The molecule has 0 bridgehead atoms. The number of aromatic nitrogens is 2. The lowest BCUT2D eigenvalue weighted by Crippen LogP contribution is -2.16. The summed E-state index contributed by atoms with van der Waals surface area (Å²) in [5, 5.41) is 4.78. The van der Waals surface area contributed by atoms with E-state index in [4.69, 9.17) is 0 Å². The van der Waals surface area contributed by atoms with E-state index in [9.17, 15) is 0 Å². The smallest absolute Gasteiger partial charge is 0.0804 e. The second-order valence-corrected chi connectivity index (χ2v) is 22.6. The lowest BCUT2D eigenvalue weighted by molar-refractivity contribution is 0.977. The van der Waals surface area contributed by atoms with Gasteiger partial charge >= 0.3 is 0 Å². The fraction of sp³-hybridized carbons (Fsp3) is 0.0769. The fourth-order valence-electron chi connectivity index (χ4n) is 12.8. The van der Waals surface area contributed by atoms with Gasteiger partial charge in [0.15, 0.2) is 0 Å². The van der Waals surface area contributed by atoms with E-state index in [0.717, 1.165) is 78.9 Å². The van der Waals surface area contributed by atoms with Gasteiger partial charge in [-0.1, -0.05) is 156 Å². The highest BCUT2D eigenvalue weighted by Crippen LogP contribution is 2.51. The van der Waals surface area contributed by atoms with Gasteiger partial charge in [-0.3, -0.25) is 0 Å². The van der Waals surface area contributed by atoms with Crippen molar-refractivity contribution in [3.8, 4) is 0 Å². The number of anilines is 10. The first kappa shape index (κ1) is 50.4. The van der Waals surface area contributed by atoms with Crippen molar-refractivity contribution in [2.24, 2.45) is 0 Å². The van der Waals surface area contributed by atoms with Crippen LogP contribution in [0.2, 0.25) is 0 Å². The van der Waals surface area contributed by atoms with Crippen LogP contribution in [0.1, 0.15) is 33.4 Å². The van der Waals surface area contributed by atoms with E-state index in [-0.39, 0.29) is 0 Å². The maximum Gasteiger partial charge on any atom is 0.0804 e. The summed E-state index contributed by atoms with van der Waals surface area (Å²) in [6.45, 7) is 9.99. The third-order valence-corrected chi connectivity index (χ3v) is 16.9. The molecule has 0 unspecified atom stereocenters. The summed E-state index contributed by atoms with van der Waals surface area (Å²) in [4.78, 5) is 9.79. The molecule has 404 valence electrons. The molecule has 15 aromatic rings. The zero-order chi connectivity index (χ0) is 56.4. The monoisotopic (exact) mass is 1080 g/mol. The van der Waals surface area contributed by atoms with Gasteiger partial charge in [0.2, 0.25) is 0 Å². The minimum absolute atomic E-state index is 0.678. The molecule has 0 radical (unpaired) electrons. The van der Waals surface area contributed by atoms with Crippen molar-refractivity contribution in [1.82, 2.24) is 8.80 Å². The molecule has 3 aromatic heterocycles. The molecule has 84 heavy (non-hydrogen) atoms. The van der Waals surface area contributed by atoms with Crippen LogP contribution in [-0.4, -0.2) is 8.80 Å². The number of para-hydroxylation sites is 4. The molecule has 3 heterocycles. The summed E-state index contributed by atoms with van der Waals surface area (Å²) in [6.07, 6.45) is 0. The lowest BCUT2D eigenvalue weighted by Gasteiger charge is -2.28. The number of nitrogens with zero attached hydrogens (tertiary/aromatic N) is 6. The first-order valence-corrected chi connectivity index (χ1v) is 29.1. The number of aryl methyl sites for hydroxylation is 4. The Morgan fingerprint density at radius 1 is 0.262 bits per heavy atom. The van der Waals surface area contributed by atoms with Gasteiger partial charge in [-0.05, 0) is 184 Å². The van der Waals surface area contributed by atoms with Gasteiger partial charge in [-0.15, -0.1) is 0 Å². The predicted molar refractivity (Wildman–Crippen MR) is 355 cm³/mol. The van der Waals surface area contributed by atoms with Crippen LogP contribution >= 0.6 is 0 Å². The molecule has 0 saturated heterocycles. The van der Waals surface area contributed by atoms with E-state index in [1.807, 2.05) is 0 Å². The fourth-order valence-corrected chi connectivity index (χ4v) is 12.8. The molecule has 0 aliphatic carbocycles. The molecule has 0 aliphatic rings. The number of hydrogen-bond acceptors (Lipinski definition) is 4. The highest BCUT2D eigenvalue weighted by atomic mass is 15.2. The van der Waals surface area contributed by atoms with Crippen LogP contribution in [0.15, 0.2) is 279 Å². The molecule has 6 heteroatoms. The molecule has 15 rings (SSSR count). The lowest BCUT2D eigenvalue weighted by atomic mass is 10.0. The summed E-state index contributed by atoms with van der Waals surface area (Å²) < 4.78 is 5.17. The second-order valence-electron chi connectivity index (χ2n) is 22.6. The third kappa shape index (κ3) is 8.74. The van der Waals surface area contributed by atoms with Crippen molar-refractivity contribution in [2.45, 2.75) is 40.8 Å². The molecular weight excluding hydrogens is 1020 g/mol. The van der Waals surface area contributed by atoms with Crippen molar-refractivity contribution < 1.29 is 0 Å². The van der Waals surface area contributed by atoms with E-state index < -0.39 is 0 Å². The zero-order valence-corrected chi connectivity index (χ0v) is 47.7. The van der Waals surface area contributed by atoms with Crippen molar-refractivity contribution in [3.05, 3.63) is 312 Å². The zero-order valence-electron chi connectivity index (χ0n) is 47.7. The van der Waals surface area contributed by atoms with Gasteiger partial charge in [0, 0.05) is 80.1 Å². The van der Waals surface area contributed by atoms with Crippen molar-refractivity contribution in [1.29, 1.82) is 0 Å². The number of hydrogen-bond donors (Lipinski definition) is 0. The Morgan fingerprint density at radius 2 is 0.536 bits per heavy atom. The quantitative estimate of drug-likeness (QED) is 0.101. The Morgan fingerprint density at radius 3 is 0.869 bits per heavy atom. The summed E-state index contributed by atoms with van der Waals surface area (Å²) in [7, 11) is 0. The van der Waals surface area contributed by atoms with Gasteiger partial charge in [-0.2, -0.15) is 0 Å². The van der Waals surface area contributed by atoms with Gasteiger partial charge < -0.3 is 28.4 Å². The summed E-state index contributed by atoms with van der Waals surface area (Å²) >= 11 is 0. The van der Waals surface area contributed by atoms with Crippen LogP contribution in [0.4, 0.5) is 56.9 Å². The molecule has 0 saturated carbocycles. The molecule has 12 aromatic carbocycles. The second kappa shape index (κ2) is 20.8. The Bertz CT molecular complexity index is 4530. The molecular formula is C78H62N6. The van der Waals surface area contributed by atoms with Gasteiger partial charge in [-0.25, -0.2) is 0 Å². The molecule has 0 spiro atoms. The third-order valence-electron chi connectivity index (χ3n) is 16.9. The van der Waals surface area contributed by atoms with E-state index >= 15 is 0 Å². The van der Waals surface area contributed by atoms with Crippen LogP contribution < -0.4 is 19.6 Å². The maximum absolute atomic E-state index is 2.58. The number of rotatable bonds is 14. The average Bonchev–Trinajstić information content (AvgIpc) is 1.61. The normalized spacial score (nSPS) is 11.7. The highest BCUT2D eigenvalue weighted by Gasteiger charge is 2.29. The Kier molecular flexibility index (Phi) is 12.5. The highest BCUT2D eigenvalue weighted by molar-refractivity contribution is 6.27. The van der Waals surface area contributed by atoms with Crippen molar-refractivity contribution >= 4 is 112 Å². The molecule has 0 atom stereocenters. The molecule has 0 aliphatic heterocycles. The summed E-state index contributed by atoms with van der Waals surface area (Å²) in [5.74, 6) is 0. The SMILES string of the molecule is Cc1ccc(N(Cc2ccc3c(c2)c2c(N(c4ccccc4)c4ccc(C)cc4)ccc4c2n3c2ccc(N(c3ccccc3)c3ccc(C)cc3)c3c5cc(CN(c6ccccc6)c6ccc(C)cc6)ccc5n4c32)c2ccccc2)cc1. The standard InChI is InChI=1S/C78H62N6/c1-53-25-35-61(36-26-53)79(59-17-9-5-10-18-59)51-57-33-43-69-67(49-57)75-71(81(63-21-13-7-14-22-63)65-39-29-55(3)30-40-65)45-47-73-77(75)83(69)74-48-46-72(82(64-23-15-8-16-24-64)66-41-31-56(4)32-42-66)76-68-50-58(34-44-70(68)84(73)78(74)76)52-80(60-19-11-6-12-20-60)62-37-27-54(2)28-38-62/h5-50H,51-52H2,1-4H3. The topological polar surface area (TPSA) is 21.8 Å². The van der Waals surface area contributed by atoms with Gasteiger partial charge in [0.25, 0.3) is 0 Å². The van der Waals surface area contributed by atoms with Gasteiger partial charge in [0.05, 0.1) is 44.5 Å². The predicted octanol–water partition coefficient (Wildman–Crippen LogP) is 21.1. The van der Waals surface area contributed by atoms with E-state index in [0.29, 0.717) is 13.1 Å². The molecule has 0 fully saturated rings. The Hall–Kier alpha value is -10.6. The number of fused-ring (bicyclic) bond motifs is 8. The van der Waals surface area contributed by atoms with E-state index in [1.54, 1.807) is 0 Å². The van der Waals surface area contributed by atoms with E-state index in [1.165, 1.54) is 66.0 Å². The van der Waals surface area contributed by atoms with E-state index in [2.05, 4.69) is 335 Å². The first-order valence-electron chi connectivity index (χ1n) is 29.1. The van der Waals surface area contributed by atoms with Crippen molar-refractivity contribution in [3.63, 3.8) is 0 Å². The minimum Gasteiger partial charge on any atom is -0.337 e. The van der Waals surface area contributed by atoms with Crippen LogP contribution in [0.5, 0.6) is 0 Å². The number of benzene rings is 12. The Balaban J connectivity index is 1.04. The summed E-state index contributed by atoms with van der Waals surface area (Å²) in [5.41, 5.74) is 25.5. The largest absolute Gasteiger partial charge is 0.337 e. The summed E-state index contributed by atoms with van der Waals surface area (Å²) in [6, 6.07) is 103. The van der Waals surface area contributed by atoms with Crippen LogP contribution in [0.3, 0.4) is 0 Å². The first-order chi connectivity index (χ1) is 41.3. The maximum atomic E-state index is 2.58. The van der Waals surface area contributed by atoms with Crippen LogP contribution in [0.25, 0.3) is 54.6 Å². The van der Waals surface area contributed by atoms with Crippen LogP contribution in [0, 0.1) is 27.7 Å². The minimum atomic E-state index is 0.678. The molecule has 6 nitrogen and oxygen atoms in total.